The lowest BCUT2D eigenvalue weighted by atomic mass is 10.0. The predicted octanol–water partition coefficient (Wildman–Crippen LogP) is 17.8. The Morgan fingerprint density at radius 3 is 1.24 bits per heavy atom. The van der Waals surface area contributed by atoms with Crippen molar-refractivity contribution in [3.8, 4) is 0 Å². The van der Waals surface area contributed by atoms with Gasteiger partial charge in [0.15, 0.2) is 6.29 Å². The number of aliphatic hydroxyl groups is 1. The highest BCUT2D eigenvalue weighted by Crippen LogP contribution is 2.21. The van der Waals surface area contributed by atoms with Gasteiger partial charge in [0, 0.05) is 13.0 Å². The number of unbranched alkanes of at least 4 members (excludes halogenated alkanes) is 28. The van der Waals surface area contributed by atoms with E-state index in [-0.39, 0.29) is 18.2 Å². The molecule has 0 radical (unpaired) electrons. The van der Waals surface area contributed by atoms with E-state index in [1.54, 1.807) is 0 Å². The second-order valence-electron chi connectivity index (χ2n) is 19.4. The fourth-order valence-corrected chi connectivity index (χ4v) is 9.12. The van der Waals surface area contributed by atoms with Crippen LogP contribution < -0.4 is 0 Å². The van der Waals surface area contributed by atoms with E-state index >= 15 is 0 Å². The van der Waals surface area contributed by atoms with Crippen LogP contribution in [0.5, 0.6) is 0 Å². The summed E-state index contributed by atoms with van der Waals surface area (Å²) in [4.78, 5) is 15.5. The summed E-state index contributed by atoms with van der Waals surface area (Å²) in [5, 5.41) is 10.8. The van der Waals surface area contributed by atoms with Crippen molar-refractivity contribution in [2.75, 3.05) is 13.1 Å². The molecule has 0 bridgehead atoms. The molecule has 5 heteroatoms. The van der Waals surface area contributed by atoms with Gasteiger partial charge >= 0.3 is 5.97 Å². The number of ether oxygens (including phenoxy) is 2. The molecule has 0 aromatic heterocycles. The lowest BCUT2D eigenvalue weighted by molar-refractivity contribution is -0.150. The van der Waals surface area contributed by atoms with E-state index in [0.29, 0.717) is 6.42 Å². The van der Waals surface area contributed by atoms with E-state index in [1.807, 2.05) is 0 Å². The summed E-state index contributed by atoms with van der Waals surface area (Å²) < 4.78 is 12.4. The number of aliphatic hydroxyl groups excluding tert-OH is 1. The molecule has 1 N–H and O–H groups in total. The Bertz CT molecular complexity index is 1000. The Hall–Kier alpha value is -1.43. The number of hydrogen-bond donors (Lipinski definition) is 1. The first kappa shape index (κ1) is 58.6. The summed E-state index contributed by atoms with van der Waals surface area (Å²) >= 11 is 0. The molecule has 0 saturated heterocycles. The zero-order chi connectivity index (χ0) is 44.8. The third kappa shape index (κ3) is 39.0. The highest BCUT2D eigenvalue weighted by atomic mass is 16.6. The Kier molecular flexibility index (Phi) is 43.6. The lowest BCUT2D eigenvalue weighted by Crippen LogP contribution is -2.25. The molecule has 0 fully saturated rings. The fourth-order valence-electron chi connectivity index (χ4n) is 9.12. The molecule has 1 rings (SSSR count). The van der Waals surface area contributed by atoms with E-state index in [0.717, 1.165) is 71.0 Å². The van der Waals surface area contributed by atoms with Crippen molar-refractivity contribution in [2.45, 2.75) is 310 Å². The van der Waals surface area contributed by atoms with Gasteiger partial charge in [0.1, 0.15) is 6.10 Å². The van der Waals surface area contributed by atoms with E-state index < -0.39 is 6.29 Å². The molecule has 5 nitrogen and oxygen atoms in total. The van der Waals surface area contributed by atoms with Crippen LogP contribution in [0.15, 0.2) is 30.3 Å². The van der Waals surface area contributed by atoms with Gasteiger partial charge in [-0.3, -0.25) is 9.69 Å². The van der Waals surface area contributed by atoms with E-state index in [4.69, 9.17) is 9.47 Å². The van der Waals surface area contributed by atoms with Crippen LogP contribution in [0.4, 0.5) is 0 Å². The van der Waals surface area contributed by atoms with Crippen LogP contribution >= 0.6 is 0 Å². The minimum absolute atomic E-state index is 0.0387. The van der Waals surface area contributed by atoms with Gasteiger partial charge in [-0.1, -0.05) is 238 Å². The number of esters is 1. The van der Waals surface area contributed by atoms with Gasteiger partial charge in [0.2, 0.25) is 0 Å². The third-order valence-electron chi connectivity index (χ3n) is 13.2. The maximum Gasteiger partial charge on any atom is 0.306 e. The molecule has 0 aliphatic carbocycles. The van der Waals surface area contributed by atoms with Crippen molar-refractivity contribution < 1.29 is 19.4 Å². The number of carbonyl (C=O) groups excluding carboxylic acids is 1. The molecule has 1 aromatic carbocycles. The van der Waals surface area contributed by atoms with E-state index in [1.165, 1.54) is 205 Å². The largest absolute Gasteiger partial charge is 0.462 e. The first-order valence-corrected chi connectivity index (χ1v) is 27.8. The van der Waals surface area contributed by atoms with E-state index in [2.05, 4.69) is 62.9 Å². The van der Waals surface area contributed by atoms with Crippen LogP contribution in [0.25, 0.3) is 0 Å². The highest BCUT2D eigenvalue weighted by molar-refractivity contribution is 5.69. The van der Waals surface area contributed by atoms with Gasteiger partial charge in [-0.2, -0.15) is 0 Å². The van der Waals surface area contributed by atoms with Crippen LogP contribution in [-0.2, 0) is 20.8 Å². The van der Waals surface area contributed by atoms with E-state index in [9.17, 15) is 9.90 Å². The number of nitrogens with zero attached hydrogens (tertiary/aromatic N) is 1. The Morgan fingerprint density at radius 2 is 0.806 bits per heavy atom. The maximum absolute atomic E-state index is 12.9. The summed E-state index contributed by atoms with van der Waals surface area (Å²) in [7, 11) is 0. The molecule has 0 aliphatic rings. The van der Waals surface area contributed by atoms with Gasteiger partial charge in [-0.25, -0.2) is 0 Å². The van der Waals surface area contributed by atoms with Gasteiger partial charge in [-0.15, -0.1) is 0 Å². The molecule has 0 amide bonds. The molecule has 0 heterocycles. The summed E-state index contributed by atoms with van der Waals surface area (Å²) in [5.74, 6) is 0.0387. The number of hydrogen-bond acceptors (Lipinski definition) is 5. The van der Waals surface area contributed by atoms with Crippen LogP contribution in [-0.4, -0.2) is 47.6 Å². The molecular weight excluding hydrogens is 763 g/mol. The maximum atomic E-state index is 12.9. The zero-order valence-corrected chi connectivity index (χ0v) is 42.1. The fraction of sp³-hybridized carbons (Fsp3) is 0.877. The molecular formula is C57H107NO4. The average molecular weight is 870 g/mol. The molecule has 0 spiro atoms. The van der Waals surface area contributed by atoms with Crippen molar-refractivity contribution in [1.82, 2.24) is 4.90 Å². The number of carbonyl (C=O) groups is 1. The minimum Gasteiger partial charge on any atom is -0.462 e. The molecule has 1 atom stereocenters. The summed E-state index contributed by atoms with van der Waals surface area (Å²) in [6.45, 7) is 12.4. The Labute approximate surface area is 387 Å². The van der Waals surface area contributed by atoms with Gasteiger partial charge in [0.25, 0.3) is 0 Å². The number of benzene rings is 1. The molecule has 62 heavy (non-hydrogen) atoms. The highest BCUT2D eigenvalue weighted by Gasteiger charge is 2.16. The third-order valence-corrected chi connectivity index (χ3v) is 13.2. The van der Waals surface area contributed by atoms with Crippen LogP contribution in [0.1, 0.15) is 290 Å². The van der Waals surface area contributed by atoms with Crippen molar-refractivity contribution in [1.29, 1.82) is 0 Å². The lowest BCUT2D eigenvalue weighted by Gasteiger charge is -2.23. The zero-order valence-electron chi connectivity index (χ0n) is 42.1. The Balaban J connectivity index is 2.36. The van der Waals surface area contributed by atoms with Crippen molar-refractivity contribution in [3.05, 3.63) is 35.9 Å². The minimum atomic E-state index is -0.609. The topological polar surface area (TPSA) is 59.0 Å². The predicted molar refractivity (Wildman–Crippen MR) is 270 cm³/mol. The first-order chi connectivity index (χ1) is 30.5. The average Bonchev–Trinajstić information content (AvgIpc) is 3.27. The van der Waals surface area contributed by atoms with Crippen LogP contribution in [0, 0.1) is 0 Å². The molecule has 0 aliphatic heterocycles. The standard InChI is InChI=1S/C57H107NO4/c1-5-9-13-17-23-34-44-54(45-35-24-18-14-10-6-2)61-56(59)48-38-27-21-29-40-50-58(52-53-42-32-31-33-43-53)51-41-30-22-28-39-49-57(60)62-55(46-36-25-19-15-11-7-3)47-37-26-20-16-12-8-4/h31-33,42-43,54-56,59H,5-30,34-41,44-52H2,1-4H3. The molecule has 0 saturated carbocycles. The first-order valence-electron chi connectivity index (χ1n) is 27.8. The van der Waals surface area contributed by atoms with Crippen molar-refractivity contribution in [2.24, 2.45) is 0 Å². The summed E-state index contributed by atoms with van der Waals surface area (Å²) in [6.07, 6.45) is 48.3. The van der Waals surface area contributed by atoms with Gasteiger partial charge in [0.05, 0.1) is 6.10 Å². The Morgan fingerprint density at radius 1 is 0.452 bits per heavy atom. The van der Waals surface area contributed by atoms with Gasteiger partial charge < -0.3 is 14.6 Å². The second-order valence-corrected chi connectivity index (χ2v) is 19.4. The molecule has 364 valence electrons. The van der Waals surface area contributed by atoms with Crippen LogP contribution in [0.3, 0.4) is 0 Å². The second kappa shape index (κ2) is 46.1. The molecule has 1 aromatic rings. The normalized spacial score (nSPS) is 12.3. The summed E-state index contributed by atoms with van der Waals surface area (Å²) in [6, 6.07) is 11.0. The molecule has 1 unspecified atom stereocenters. The van der Waals surface area contributed by atoms with Crippen molar-refractivity contribution >= 4 is 5.97 Å². The quantitative estimate of drug-likeness (QED) is 0.0402. The smallest absolute Gasteiger partial charge is 0.306 e. The van der Waals surface area contributed by atoms with Crippen LogP contribution in [0.2, 0.25) is 0 Å². The monoisotopic (exact) mass is 870 g/mol. The van der Waals surface area contributed by atoms with Gasteiger partial charge in [-0.05, 0) is 89.3 Å². The van der Waals surface area contributed by atoms with Crippen molar-refractivity contribution in [3.63, 3.8) is 0 Å². The number of rotatable bonds is 49. The summed E-state index contributed by atoms with van der Waals surface area (Å²) in [5.41, 5.74) is 1.40. The SMILES string of the molecule is CCCCCCCCC(CCCCCCCC)OC(=O)CCCCCCCN(CCCCCCCC(O)OC(CCCCCCCC)CCCCCCCC)Cc1ccccc1.